The van der Waals surface area contributed by atoms with Gasteiger partial charge in [-0.1, -0.05) is 19.8 Å². The Kier molecular flexibility index (Phi) is 6.30. The van der Waals surface area contributed by atoms with Gasteiger partial charge < -0.3 is 10.0 Å². The normalized spacial score (nSPS) is 26.6. The van der Waals surface area contributed by atoms with Gasteiger partial charge in [-0.25, -0.2) is 0 Å². The molecule has 1 N–H and O–H groups in total. The summed E-state index contributed by atoms with van der Waals surface area (Å²) >= 11 is 0. The van der Waals surface area contributed by atoms with Crippen molar-refractivity contribution >= 4 is 5.91 Å². The molecule has 1 aliphatic heterocycles. The van der Waals surface area contributed by atoms with Gasteiger partial charge in [0.2, 0.25) is 5.91 Å². The number of rotatable bonds is 6. The predicted molar refractivity (Wildman–Crippen MR) is 80.5 cm³/mol. The first-order valence-corrected chi connectivity index (χ1v) is 8.39. The van der Waals surface area contributed by atoms with Gasteiger partial charge in [0.1, 0.15) is 0 Å². The van der Waals surface area contributed by atoms with E-state index < -0.39 is 0 Å². The second-order valence-electron chi connectivity index (χ2n) is 6.34. The van der Waals surface area contributed by atoms with Gasteiger partial charge in [0, 0.05) is 19.1 Å². The minimum atomic E-state index is 0.138. The third-order valence-electron chi connectivity index (χ3n) is 4.88. The van der Waals surface area contributed by atoms with Gasteiger partial charge in [-0.15, -0.1) is 0 Å². The summed E-state index contributed by atoms with van der Waals surface area (Å²) in [6.45, 7) is 5.19. The van der Waals surface area contributed by atoms with Crippen LogP contribution in [-0.2, 0) is 4.79 Å². The van der Waals surface area contributed by atoms with E-state index in [0.29, 0.717) is 19.1 Å². The predicted octanol–water partition coefficient (Wildman–Crippen LogP) is 1.87. The third-order valence-corrected chi connectivity index (χ3v) is 4.88. The molecule has 1 saturated carbocycles. The molecule has 0 spiro atoms. The molecule has 116 valence electrons. The SMILES string of the molecule is CCCN(CCO)CC(=O)N1CCCC2CCCCC21. The van der Waals surface area contributed by atoms with E-state index >= 15 is 0 Å². The van der Waals surface area contributed by atoms with Crippen LogP contribution in [0.3, 0.4) is 0 Å². The lowest BCUT2D eigenvalue weighted by Gasteiger charge is -2.44. The van der Waals surface area contributed by atoms with Crippen LogP contribution >= 0.6 is 0 Å². The zero-order chi connectivity index (χ0) is 14.4. The smallest absolute Gasteiger partial charge is 0.237 e. The summed E-state index contributed by atoms with van der Waals surface area (Å²) in [6.07, 6.45) is 8.63. The van der Waals surface area contributed by atoms with Crippen LogP contribution in [0.15, 0.2) is 0 Å². The number of hydrogen-bond donors (Lipinski definition) is 1. The number of piperidine rings is 1. The van der Waals surface area contributed by atoms with Crippen molar-refractivity contribution < 1.29 is 9.90 Å². The average molecular weight is 282 g/mol. The first kappa shape index (κ1) is 15.8. The molecule has 1 amide bonds. The van der Waals surface area contributed by atoms with E-state index in [2.05, 4.69) is 16.7 Å². The zero-order valence-corrected chi connectivity index (χ0v) is 12.9. The van der Waals surface area contributed by atoms with E-state index in [1.165, 1.54) is 38.5 Å². The van der Waals surface area contributed by atoms with Crippen LogP contribution in [0.2, 0.25) is 0 Å². The molecule has 2 fully saturated rings. The van der Waals surface area contributed by atoms with Gasteiger partial charge in [0.05, 0.1) is 13.2 Å². The number of nitrogens with zero attached hydrogens (tertiary/aromatic N) is 2. The molecule has 0 aromatic rings. The molecule has 20 heavy (non-hydrogen) atoms. The number of fused-ring (bicyclic) bond motifs is 1. The van der Waals surface area contributed by atoms with Crippen molar-refractivity contribution in [3.63, 3.8) is 0 Å². The Morgan fingerprint density at radius 1 is 1.20 bits per heavy atom. The van der Waals surface area contributed by atoms with Crippen LogP contribution in [-0.4, -0.2) is 59.6 Å². The number of carbonyl (C=O) groups is 1. The van der Waals surface area contributed by atoms with Crippen molar-refractivity contribution in [2.24, 2.45) is 5.92 Å². The zero-order valence-electron chi connectivity index (χ0n) is 12.9. The summed E-state index contributed by atoms with van der Waals surface area (Å²) < 4.78 is 0. The second-order valence-corrected chi connectivity index (χ2v) is 6.34. The number of aliphatic hydroxyl groups is 1. The van der Waals surface area contributed by atoms with Crippen molar-refractivity contribution in [2.75, 3.05) is 32.8 Å². The van der Waals surface area contributed by atoms with Crippen molar-refractivity contribution in [3.8, 4) is 0 Å². The van der Waals surface area contributed by atoms with Crippen LogP contribution in [0.4, 0.5) is 0 Å². The van der Waals surface area contributed by atoms with Crippen LogP contribution in [0.5, 0.6) is 0 Å². The molecule has 1 heterocycles. The molecule has 4 nitrogen and oxygen atoms in total. The van der Waals surface area contributed by atoms with Crippen molar-refractivity contribution in [1.29, 1.82) is 0 Å². The first-order chi connectivity index (χ1) is 9.76. The minimum Gasteiger partial charge on any atom is -0.395 e. The molecule has 1 saturated heterocycles. The fraction of sp³-hybridized carbons (Fsp3) is 0.938. The average Bonchev–Trinajstić information content (AvgIpc) is 2.47. The molecular formula is C16H30N2O2. The van der Waals surface area contributed by atoms with Gasteiger partial charge in [-0.2, -0.15) is 0 Å². The Labute approximate surface area is 123 Å². The first-order valence-electron chi connectivity index (χ1n) is 8.39. The second kappa shape index (κ2) is 7.99. The summed E-state index contributed by atoms with van der Waals surface area (Å²) in [5.41, 5.74) is 0. The summed E-state index contributed by atoms with van der Waals surface area (Å²) in [4.78, 5) is 16.9. The Morgan fingerprint density at radius 2 is 1.95 bits per heavy atom. The van der Waals surface area contributed by atoms with Gasteiger partial charge in [0.15, 0.2) is 0 Å². The topological polar surface area (TPSA) is 43.8 Å². The summed E-state index contributed by atoms with van der Waals surface area (Å²) in [5, 5.41) is 9.11. The Balaban J connectivity index is 1.92. The molecule has 0 aromatic carbocycles. The molecular weight excluding hydrogens is 252 g/mol. The number of amides is 1. The van der Waals surface area contributed by atoms with E-state index in [0.717, 1.165) is 25.4 Å². The molecule has 0 bridgehead atoms. The van der Waals surface area contributed by atoms with Gasteiger partial charge >= 0.3 is 0 Å². The minimum absolute atomic E-state index is 0.138. The Bertz CT molecular complexity index is 301. The lowest BCUT2D eigenvalue weighted by Crippen LogP contribution is -2.52. The van der Waals surface area contributed by atoms with E-state index in [1.807, 2.05) is 0 Å². The third kappa shape index (κ3) is 3.95. The van der Waals surface area contributed by atoms with Gasteiger partial charge in [-0.05, 0) is 44.6 Å². The Morgan fingerprint density at radius 3 is 2.70 bits per heavy atom. The highest BCUT2D eigenvalue weighted by Gasteiger charge is 2.35. The lowest BCUT2D eigenvalue weighted by molar-refractivity contribution is -0.138. The fourth-order valence-corrected chi connectivity index (χ4v) is 3.94. The highest BCUT2D eigenvalue weighted by molar-refractivity contribution is 5.78. The van der Waals surface area contributed by atoms with Crippen LogP contribution in [0.25, 0.3) is 0 Å². The maximum atomic E-state index is 12.6. The van der Waals surface area contributed by atoms with Gasteiger partial charge in [-0.3, -0.25) is 9.69 Å². The molecule has 4 heteroatoms. The fourth-order valence-electron chi connectivity index (χ4n) is 3.94. The highest BCUT2D eigenvalue weighted by atomic mass is 16.3. The van der Waals surface area contributed by atoms with Gasteiger partial charge in [0.25, 0.3) is 0 Å². The molecule has 2 aliphatic rings. The molecule has 1 aliphatic carbocycles. The number of likely N-dealkylation sites (tertiary alicyclic amines) is 1. The number of aliphatic hydroxyl groups excluding tert-OH is 1. The van der Waals surface area contributed by atoms with Crippen LogP contribution < -0.4 is 0 Å². The Hall–Kier alpha value is -0.610. The number of carbonyl (C=O) groups excluding carboxylic acids is 1. The summed E-state index contributed by atoms with van der Waals surface area (Å²) in [5.74, 6) is 1.03. The molecule has 2 rings (SSSR count). The van der Waals surface area contributed by atoms with E-state index in [-0.39, 0.29) is 12.5 Å². The summed E-state index contributed by atoms with van der Waals surface area (Å²) in [6, 6.07) is 0.502. The van der Waals surface area contributed by atoms with Crippen LogP contribution in [0, 0.1) is 5.92 Å². The van der Waals surface area contributed by atoms with E-state index in [1.54, 1.807) is 0 Å². The standard InChI is InChI=1S/C16H30N2O2/c1-2-9-17(11-12-19)13-16(20)18-10-5-7-14-6-3-4-8-15(14)18/h14-15,19H,2-13H2,1H3. The lowest BCUT2D eigenvalue weighted by atomic mass is 9.78. The highest BCUT2D eigenvalue weighted by Crippen LogP contribution is 2.35. The maximum absolute atomic E-state index is 12.6. The monoisotopic (exact) mass is 282 g/mol. The van der Waals surface area contributed by atoms with Crippen molar-refractivity contribution in [2.45, 2.75) is 57.9 Å². The summed E-state index contributed by atoms with van der Waals surface area (Å²) in [7, 11) is 0. The van der Waals surface area contributed by atoms with Crippen molar-refractivity contribution in [1.82, 2.24) is 9.80 Å². The number of hydrogen-bond acceptors (Lipinski definition) is 3. The molecule has 2 unspecified atom stereocenters. The van der Waals surface area contributed by atoms with E-state index in [4.69, 9.17) is 5.11 Å². The maximum Gasteiger partial charge on any atom is 0.237 e. The van der Waals surface area contributed by atoms with E-state index in [9.17, 15) is 4.79 Å². The van der Waals surface area contributed by atoms with Crippen LogP contribution in [0.1, 0.15) is 51.9 Å². The largest absolute Gasteiger partial charge is 0.395 e. The molecule has 0 aromatic heterocycles. The molecule has 2 atom stereocenters. The molecule has 0 radical (unpaired) electrons. The quantitative estimate of drug-likeness (QED) is 0.809. The van der Waals surface area contributed by atoms with Crippen molar-refractivity contribution in [3.05, 3.63) is 0 Å².